The van der Waals surface area contributed by atoms with Gasteiger partial charge in [-0.05, 0) is 12.8 Å². The largest absolute Gasteiger partial charge is 0.392 e. The highest BCUT2D eigenvalue weighted by Crippen LogP contribution is 2.19. The zero-order valence-corrected chi connectivity index (χ0v) is 13.9. The van der Waals surface area contributed by atoms with E-state index < -0.39 is 21.5 Å². The Morgan fingerprint density at radius 2 is 1.25 bits per heavy atom. The molecule has 0 aromatic heterocycles. The SMILES string of the molecule is CCCCCCCCC(C(O)CCCCC)S(=O)(=O)O. The number of rotatable bonds is 13. The van der Waals surface area contributed by atoms with Crippen molar-refractivity contribution < 1.29 is 18.1 Å². The molecule has 0 rings (SSSR count). The third-order valence-corrected chi connectivity index (χ3v) is 5.07. The van der Waals surface area contributed by atoms with Crippen LogP contribution in [0.5, 0.6) is 0 Å². The predicted molar refractivity (Wildman–Crippen MR) is 83.5 cm³/mol. The molecule has 5 heteroatoms. The van der Waals surface area contributed by atoms with Crippen LogP contribution in [-0.4, -0.2) is 29.4 Å². The molecule has 0 saturated heterocycles. The maximum atomic E-state index is 11.4. The van der Waals surface area contributed by atoms with Crippen LogP contribution in [0.1, 0.15) is 84.5 Å². The summed E-state index contributed by atoms with van der Waals surface area (Å²) in [7, 11) is -4.15. The molecule has 0 amide bonds. The molecule has 0 radical (unpaired) electrons. The normalized spacial score (nSPS) is 15.2. The quantitative estimate of drug-likeness (QED) is 0.399. The van der Waals surface area contributed by atoms with Crippen LogP contribution < -0.4 is 0 Å². The van der Waals surface area contributed by atoms with Gasteiger partial charge in [0.25, 0.3) is 10.1 Å². The molecule has 0 saturated carbocycles. The molecule has 2 atom stereocenters. The average molecular weight is 308 g/mol. The summed E-state index contributed by atoms with van der Waals surface area (Å²) in [5, 5.41) is 8.96. The first-order valence-corrected chi connectivity index (χ1v) is 9.58. The number of hydrogen-bond acceptors (Lipinski definition) is 3. The van der Waals surface area contributed by atoms with Crippen LogP contribution in [0, 0.1) is 0 Å². The number of aliphatic hydroxyl groups excluding tert-OH is 1. The lowest BCUT2D eigenvalue weighted by molar-refractivity contribution is 0.146. The molecule has 4 nitrogen and oxygen atoms in total. The Hall–Kier alpha value is -0.130. The van der Waals surface area contributed by atoms with Gasteiger partial charge in [-0.3, -0.25) is 4.55 Å². The highest BCUT2D eigenvalue weighted by molar-refractivity contribution is 7.86. The number of hydrogen-bond donors (Lipinski definition) is 2. The van der Waals surface area contributed by atoms with Gasteiger partial charge in [-0.25, -0.2) is 0 Å². The lowest BCUT2D eigenvalue weighted by atomic mass is 10.0. The van der Waals surface area contributed by atoms with Crippen molar-refractivity contribution in [1.29, 1.82) is 0 Å². The van der Waals surface area contributed by atoms with Crippen molar-refractivity contribution in [2.75, 3.05) is 0 Å². The van der Waals surface area contributed by atoms with E-state index in [0.29, 0.717) is 12.8 Å². The van der Waals surface area contributed by atoms with Crippen LogP contribution >= 0.6 is 0 Å². The van der Waals surface area contributed by atoms with Gasteiger partial charge in [0.2, 0.25) is 0 Å². The second-order valence-corrected chi connectivity index (χ2v) is 7.31. The van der Waals surface area contributed by atoms with Gasteiger partial charge >= 0.3 is 0 Å². The average Bonchev–Trinajstić information content (AvgIpc) is 2.36. The van der Waals surface area contributed by atoms with Crippen molar-refractivity contribution in [2.24, 2.45) is 0 Å². The van der Waals surface area contributed by atoms with Gasteiger partial charge in [-0.2, -0.15) is 8.42 Å². The Kier molecular flexibility index (Phi) is 11.4. The lowest BCUT2D eigenvalue weighted by Crippen LogP contribution is -2.33. The third kappa shape index (κ3) is 9.72. The van der Waals surface area contributed by atoms with E-state index in [2.05, 4.69) is 13.8 Å². The smallest absolute Gasteiger partial charge is 0.270 e. The molecule has 0 aliphatic heterocycles. The molecule has 0 aromatic carbocycles. The van der Waals surface area contributed by atoms with Crippen molar-refractivity contribution in [3.63, 3.8) is 0 Å². The molecule has 0 bridgehead atoms. The highest BCUT2D eigenvalue weighted by atomic mass is 32.2. The Labute approximate surface area is 124 Å². The van der Waals surface area contributed by atoms with Crippen molar-refractivity contribution in [3.05, 3.63) is 0 Å². The minimum atomic E-state index is -4.15. The van der Waals surface area contributed by atoms with Gasteiger partial charge in [0, 0.05) is 0 Å². The second kappa shape index (κ2) is 11.5. The standard InChI is InChI=1S/C15H32O4S/c1-3-5-7-8-9-11-13-15(20(17,18)19)14(16)12-10-6-4-2/h14-16H,3-13H2,1-2H3,(H,17,18,19). The van der Waals surface area contributed by atoms with E-state index >= 15 is 0 Å². The monoisotopic (exact) mass is 308 g/mol. The molecular weight excluding hydrogens is 276 g/mol. The summed E-state index contributed by atoms with van der Waals surface area (Å²) >= 11 is 0. The first kappa shape index (κ1) is 19.9. The second-order valence-electron chi connectivity index (χ2n) is 5.67. The van der Waals surface area contributed by atoms with Crippen molar-refractivity contribution >= 4 is 10.1 Å². The first-order valence-electron chi connectivity index (χ1n) is 8.07. The highest BCUT2D eigenvalue weighted by Gasteiger charge is 2.29. The van der Waals surface area contributed by atoms with Gasteiger partial charge < -0.3 is 5.11 Å². The summed E-state index contributed by atoms with van der Waals surface area (Å²) in [4.78, 5) is 0. The van der Waals surface area contributed by atoms with Gasteiger partial charge in [-0.15, -0.1) is 0 Å². The van der Waals surface area contributed by atoms with E-state index in [4.69, 9.17) is 0 Å². The number of aliphatic hydroxyl groups is 1. The summed E-state index contributed by atoms with van der Waals surface area (Å²) in [6.07, 6.45) is 9.06. The molecule has 2 unspecified atom stereocenters. The zero-order valence-electron chi connectivity index (χ0n) is 13.1. The molecule has 0 heterocycles. The van der Waals surface area contributed by atoms with Crippen molar-refractivity contribution in [1.82, 2.24) is 0 Å². The minimum Gasteiger partial charge on any atom is -0.392 e. The predicted octanol–water partition coefficient (Wildman–Crippen LogP) is 3.93. The summed E-state index contributed by atoms with van der Waals surface area (Å²) in [5.74, 6) is 0. The maximum Gasteiger partial charge on any atom is 0.270 e. The molecule has 0 aliphatic carbocycles. The summed E-state index contributed by atoms with van der Waals surface area (Å²) in [6.45, 7) is 4.21. The molecule has 0 aromatic rings. The van der Waals surface area contributed by atoms with E-state index in [1.54, 1.807) is 0 Å². The molecular formula is C15H32O4S. The van der Waals surface area contributed by atoms with Gasteiger partial charge in [0.05, 0.1) is 6.10 Å². The van der Waals surface area contributed by atoms with Crippen LogP contribution in [0.25, 0.3) is 0 Å². The van der Waals surface area contributed by atoms with Crippen LogP contribution in [0.4, 0.5) is 0 Å². The topological polar surface area (TPSA) is 74.6 Å². The van der Waals surface area contributed by atoms with Crippen molar-refractivity contribution in [2.45, 2.75) is 95.8 Å². The fourth-order valence-electron chi connectivity index (χ4n) is 2.46. The molecule has 0 spiro atoms. The van der Waals surface area contributed by atoms with E-state index in [9.17, 15) is 18.1 Å². The Bertz CT molecular complexity index is 314. The van der Waals surface area contributed by atoms with Crippen molar-refractivity contribution in [3.8, 4) is 0 Å². The van der Waals surface area contributed by atoms with Gasteiger partial charge in [-0.1, -0.05) is 71.6 Å². The Morgan fingerprint density at radius 1 is 0.800 bits per heavy atom. The summed E-state index contributed by atoms with van der Waals surface area (Å²) < 4.78 is 32.0. The van der Waals surface area contributed by atoms with E-state index in [0.717, 1.165) is 38.5 Å². The van der Waals surface area contributed by atoms with Gasteiger partial charge in [0.15, 0.2) is 0 Å². The molecule has 0 fully saturated rings. The Morgan fingerprint density at radius 3 is 1.80 bits per heavy atom. The van der Waals surface area contributed by atoms with Crippen LogP contribution in [0.2, 0.25) is 0 Å². The first-order chi connectivity index (χ1) is 9.43. The van der Waals surface area contributed by atoms with Gasteiger partial charge in [0.1, 0.15) is 5.25 Å². The number of unbranched alkanes of at least 4 members (excludes halogenated alkanes) is 7. The summed E-state index contributed by atoms with van der Waals surface area (Å²) in [6, 6.07) is 0. The fourth-order valence-corrected chi connectivity index (χ4v) is 3.45. The molecule has 2 N–H and O–H groups in total. The van der Waals surface area contributed by atoms with Crippen LogP contribution in [0.15, 0.2) is 0 Å². The molecule has 122 valence electrons. The minimum absolute atomic E-state index is 0.359. The van der Waals surface area contributed by atoms with Crippen LogP contribution in [0.3, 0.4) is 0 Å². The fraction of sp³-hybridized carbons (Fsp3) is 1.00. The van der Waals surface area contributed by atoms with E-state index in [1.165, 1.54) is 19.3 Å². The third-order valence-electron chi connectivity index (χ3n) is 3.76. The van der Waals surface area contributed by atoms with E-state index in [-0.39, 0.29) is 0 Å². The zero-order chi connectivity index (χ0) is 15.4. The molecule has 20 heavy (non-hydrogen) atoms. The van der Waals surface area contributed by atoms with Crippen LogP contribution in [-0.2, 0) is 10.1 Å². The molecule has 0 aliphatic rings. The van der Waals surface area contributed by atoms with E-state index in [1.807, 2.05) is 0 Å². The lowest BCUT2D eigenvalue weighted by Gasteiger charge is -2.20. The maximum absolute atomic E-state index is 11.4. The Balaban J connectivity index is 4.10. The summed E-state index contributed by atoms with van der Waals surface area (Å²) in [5.41, 5.74) is 0.